The van der Waals surface area contributed by atoms with Crippen molar-refractivity contribution in [3.05, 3.63) is 17.8 Å². The molecular weight excluding hydrogens is 254 g/mol. The number of pyridine rings is 1. The second kappa shape index (κ2) is 4.94. The second-order valence-corrected chi connectivity index (χ2v) is 5.73. The van der Waals surface area contributed by atoms with Gasteiger partial charge in [-0.1, -0.05) is 0 Å². The summed E-state index contributed by atoms with van der Waals surface area (Å²) >= 11 is 0. The molecule has 2 bridgehead atoms. The number of fused-ring (bicyclic) bond motifs is 4. The molecule has 108 valence electrons. The van der Waals surface area contributed by atoms with E-state index in [4.69, 9.17) is 5.73 Å². The summed E-state index contributed by atoms with van der Waals surface area (Å²) in [6.07, 6.45) is 1.15. The van der Waals surface area contributed by atoms with Crippen molar-refractivity contribution in [2.45, 2.75) is 25.4 Å². The van der Waals surface area contributed by atoms with Crippen LogP contribution >= 0.6 is 0 Å². The number of nitrogens with zero attached hydrogens (tertiary/aromatic N) is 3. The van der Waals surface area contributed by atoms with E-state index in [-0.39, 0.29) is 11.9 Å². The maximum Gasteiger partial charge on any atom is 0.270 e. The fourth-order valence-electron chi connectivity index (χ4n) is 2.87. The Hall–Kier alpha value is -1.82. The molecule has 6 heteroatoms. The fourth-order valence-corrected chi connectivity index (χ4v) is 2.87. The van der Waals surface area contributed by atoms with Crippen LogP contribution in [0.15, 0.2) is 12.1 Å². The molecule has 3 rings (SSSR count). The first-order valence-corrected chi connectivity index (χ1v) is 7.09. The van der Waals surface area contributed by atoms with Crippen LogP contribution in [0.25, 0.3) is 0 Å². The minimum atomic E-state index is -0.161. The van der Waals surface area contributed by atoms with Crippen LogP contribution in [0, 0.1) is 0 Å². The first kappa shape index (κ1) is 13.2. The smallest absolute Gasteiger partial charge is 0.270 e. The molecule has 0 aliphatic carbocycles. The normalized spacial score (nSPS) is 21.6. The molecule has 1 amide bonds. The third-order valence-electron chi connectivity index (χ3n) is 4.06. The van der Waals surface area contributed by atoms with Crippen molar-refractivity contribution in [3.8, 4) is 0 Å². The summed E-state index contributed by atoms with van der Waals surface area (Å²) in [6, 6.07) is 4.25. The van der Waals surface area contributed by atoms with E-state index in [1.54, 1.807) is 6.07 Å². The lowest BCUT2D eigenvalue weighted by Crippen LogP contribution is -2.41. The minimum Gasteiger partial charge on any atom is -0.366 e. The molecule has 2 atom stereocenters. The molecule has 1 fully saturated rings. The molecule has 0 radical (unpaired) electrons. The zero-order valence-corrected chi connectivity index (χ0v) is 12.0. The monoisotopic (exact) mass is 275 g/mol. The van der Waals surface area contributed by atoms with E-state index in [1.165, 1.54) is 0 Å². The Labute approximate surface area is 118 Å². The van der Waals surface area contributed by atoms with Gasteiger partial charge in [-0.15, -0.1) is 0 Å². The number of rotatable bonds is 3. The topological polar surface area (TPSA) is 74.5 Å². The Balaban J connectivity index is 1.84. The van der Waals surface area contributed by atoms with Gasteiger partial charge in [0.25, 0.3) is 5.91 Å². The van der Waals surface area contributed by atoms with Gasteiger partial charge in [-0.3, -0.25) is 4.79 Å². The zero-order valence-electron chi connectivity index (χ0n) is 12.0. The van der Waals surface area contributed by atoms with E-state index in [1.807, 2.05) is 13.0 Å². The summed E-state index contributed by atoms with van der Waals surface area (Å²) in [6.45, 7) is 4.45. The van der Waals surface area contributed by atoms with Crippen molar-refractivity contribution >= 4 is 17.4 Å². The Bertz CT molecular complexity index is 530. The van der Waals surface area contributed by atoms with E-state index >= 15 is 0 Å². The van der Waals surface area contributed by atoms with Gasteiger partial charge in [0.05, 0.1) is 5.69 Å². The number of anilines is 2. The van der Waals surface area contributed by atoms with Crippen molar-refractivity contribution in [1.82, 2.24) is 10.3 Å². The van der Waals surface area contributed by atoms with Crippen molar-refractivity contribution < 1.29 is 4.79 Å². The standard InChI is InChI=1S/C14H21N5O/c1-9(15)7-16-14(20)11-3-4-12-13(17-11)18(2)10-5-6-19(12)8-10/h3-4,9-10H,5-8,15H2,1-2H3,(H,16,20). The summed E-state index contributed by atoms with van der Waals surface area (Å²) in [5.41, 5.74) is 7.23. The van der Waals surface area contributed by atoms with Gasteiger partial charge in [0.1, 0.15) is 5.69 Å². The largest absolute Gasteiger partial charge is 0.366 e. The molecule has 0 saturated carbocycles. The SMILES string of the molecule is CC(N)CNC(=O)c1ccc2c(n1)N(C)C1CCN2C1. The quantitative estimate of drug-likeness (QED) is 0.823. The molecule has 3 heterocycles. The summed E-state index contributed by atoms with van der Waals surface area (Å²) < 4.78 is 0. The summed E-state index contributed by atoms with van der Waals surface area (Å²) in [7, 11) is 2.06. The van der Waals surface area contributed by atoms with Crippen LogP contribution in [-0.4, -0.2) is 49.7 Å². The molecule has 0 spiro atoms. The van der Waals surface area contributed by atoms with Gasteiger partial charge in [-0.2, -0.15) is 0 Å². The molecule has 2 aliphatic heterocycles. The van der Waals surface area contributed by atoms with Crippen LogP contribution in [0.4, 0.5) is 11.5 Å². The van der Waals surface area contributed by atoms with Gasteiger partial charge < -0.3 is 20.9 Å². The average molecular weight is 275 g/mol. The molecule has 0 aromatic carbocycles. The van der Waals surface area contributed by atoms with E-state index < -0.39 is 0 Å². The fraction of sp³-hybridized carbons (Fsp3) is 0.571. The van der Waals surface area contributed by atoms with Crippen molar-refractivity contribution in [1.29, 1.82) is 0 Å². The van der Waals surface area contributed by atoms with Crippen LogP contribution in [0.3, 0.4) is 0 Å². The molecule has 2 unspecified atom stereocenters. The average Bonchev–Trinajstić information content (AvgIpc) is 2.88. The number of likely N-dealkylation sites (N-methyl/N-ethyl adjacent to an activating group) is 1. The van der Waals surface area contributed by atoms with Crippen molar-refractivity contribution in [2.24, 2.45) is 5.73 Å². The highest BCUT2D eigenvalue weighted by molar-refractivity contribution is 5.93. The van der Waals surface area contributed by atoms with E-state index in [2.05, 4.69) is 27.1 Å². The predicted molar refractivity (Wildman–Crippen MR) is 79.2 cm³/mol. The van der Waals surface area contributed by atoms with Crippen LogP contribution in [0.2, 0.25) is 0 Å². The molecule has 1 aromatic heterocycles. The summed E-state index contributed by atoms with van der Waals surface area (Å²) in [5.74, 6) is 0.749. The van der Waals surface area contributed by atoms with Crippen LogP contribution < -0.4 is 20.9 Å². The second-order valence-electron chi connectivity index (χ2n) is 5.73. The van der Waals surface area contributed by atoms with Gasteiger partial charge in [-0.05, 0) is 25.5 Å². The van der Waals surface area contributed by atoms with Crippen LogP contribution in [0.1, 0.15) is 23.8 Å². The van der Waals surface area contributed by atoms with Crippen molar-refractivity contribution in [2.75, 3.05) is 36.5 Å². The maximum atomic E-state index is 12.1. The number of nitrogens with one attached hydrogen (secondary N) is 1. The Kier molecular flexibility index (Phi) is 3.25. The van der Waals surface area contributed by atoms with Crippen molar-refractivity contribution in [3.63, 3.8) is 0 Å². The highest BCUT2D eigenvalue weighted by Gasteiger charge is 2.35. The third-order valence-corrected chi connectivity index (χ3v) is 4.06. The number of carbonyl (C=O) groups excluding carboxylic acids is 1. The molecule has 3 N–H and O–H groups in total. The van der Waals surface area contributed by atoms with Gasteiger partial charge in [0.15, 0.2) is 5.82 Å². The Morgan fingerprint density at radius 1 is 1.60 bits per heavy atom. The van der Waals surface area contributed by atoms with Crippen LogP contribution in [-0.2, 0) is 0 Å². The van der Waals surface area contributed by atoms with Gasteiger partial charge >= 0.3 is 0 Å². The number of carbonyl (C=O) groups is 1. The summed E-state index contributed by atoms with van der Waals surface area (Å²) in [4.78, 5) is 21.1. The summed E-state index contributed by atoms with van der Waals surface area (Å²) in [5, 5.41) is 2.80. The number of aromatic nitrogens is 1. The molecule has 6 nitrogen and oxygen atoms in total. The molecule has 2 aliphatic rings. The molecular formula is C14H21N5O. The zero-order chi connectivity index (χ0) is 14.3. The number of nitrogens with two attached hydrogens (primary N) is 1. The van der Waals surface area contributed by atoms with E-state index in [0.717, 1.165) is 31.0 Å². The van der Waals surface area contributed by atoms with E-state index in [9.17, 15) is 4.79 Å². The molecule has 1 aromatic rings. The predicted octanol–water partition coefficient (Wildman–Crippen LogP) is 0.187. The number of hydrogen-bond donors (Lipinski definition) is 2. The van der Waals surface area contributed by atoms with E-state index in [0.29, 0.717) is 18.3 Å². The van der Waals surface area contributed by atoms with Gasteiger partial charge in [-0.25, -0.2) is 4.98 Å². The van der Waals surface area contributed by atoms with Gasteiger partial charge in [0.2, 0.25) is 0 Å². The lowest BCUT2D eigenvalue weighted by atomic mass is 10.2. The Morgan fingerprint density at radius 2 is 2.40 bits per heavy atom. The van der Waals surface area contributed by atoms with Crippen LogP contribution in [0.5, 0.6) is 0 Å². The minimum absolute atomic E-state index is 0.0544. The highest BCUT2D eigenvalue weighted by atomic mass is 16.1. The number of amides is 1. The lowest BCUT2D eigenvalue weighted by Gasteiger charge is -2.34. The third kappa shape index (κ3) is 2.20. The first-order valence-electron chi connectivity index (χ1n) is 7.09. The van der Waals surface area contributed by atoms with Gasteiger partial charge in [0, 0.05) is 38.8 Å². The lowest BCUT2D eigenvalue weighted by molar-refractivity contribution is 0.0947. The maximum absolute atomic E-state index is 12.1. The first-order chi connectivity index (χ1) is 9.56. The Morgan fingerprint density at radius 3 is 3.15 bits per heavy atom. The molecule has 1 saturated heterocycles. The number of hydrogen-bond acceptors (Lipinski definition) is 5. The molecule has 20 heavy (non-hydrogen) atoms. The highest BCUT2D eigenvalue weighted by Crippen LogP contribution is 2.37.